The quantitative estimate of drug-likeness (QED) is 0.200. The molecule has 2 heterocycles. The Morgan fingerprint density at radius 3 is 2.61 bits per heavy atom. The molecule has 2 amide bonds. The molecule has 1 aliphatic carbocycles. The topological polar surface area (TPSA) is 85.4 Å². The molecule has 7 heteroatoms. The van der Waals surface area contributed by atoms with Crippen LogP contribution in [-0.2, 0) is 11.2 Å². The highest BCUT2D eigenvalue weighted by Gasteiger charge is 2.35. The molecule has 3 N–H and O–H groups in total. The van der Waals surface area contributed by atoms with Gasteiger partial charge in [-0.1, -0.05) is 48.5 Å². The van der Waals surface area contributed by atoms with Crippen LogP contribution in [0.3, 0.4) is 0 Å². The molecular formula is C34H28ClN3O3. The van der Waals surface area contributed by atoms with Gasteiger partial charge in [0, 0.05) is 52.0 Å². The highest BCUT2D eigenvalue weighted by molar-refractivity contribution is 6.19. The summed E-state index contributed by atoms with van der Waals surface area (Å²) in [7, 11) is 0. The maximum Gasteiger partial charge on any atom is 0.272 e. The fourth-order valence-corrected chi connectivity index (χ4v) is 6.50. The number of nitrogens with zero attached hydrogens (tertiary/aromatic N) is 1. The Morgan fingerprint density at radius 2 is 1.78 bits per heavy atom. The van der Waals surface area contributed by atoms with E-state index in [0.717, 1.165) is 56.9 Å². The first kappa shape index (κ1) is 25.4. The van der Waals surface area contributed by atoms with Crippen molar-refractivity contribution in [3.8, 4) is 5.75 Å². The zero-order valence-electron chi connectivity index (χ0n) is 22.3. The summed E-state index contributed by atoms with van der Waals surface area (Å²) in [6.45, 7) is 0.468. The number of carbonyl (C=O) groups excluding carboxylic acids is 2. The lowest BCUT2D eigenvalue weighted by Gasteiger charge is -2.20. The van der Waals surface area contributed by atoms with Crippen LogP contribution in [0.2, 0.25) is 0 Å². The molecule has 0 spiro atoms. The van der Waals surface area contributed by atoms with Crippen molar-refractivity contribution >= 4 is 62.5 Å². The summed E-state index contributed by atoms with van der Waals surface area (Å²) >= 11 is 6.40. The number of para-hydroxylation sites is 1. The van der Waals surface area contributed by atoms with Crippen molar-refractivity contribution in [1.82, 2.24) is 4.98 Å². The number of aromatic amines is 1. The van der Waals surface area contributed by atoms with Gasteiger partial charge in [-0.15, -0.1) is 11.6 Å². The number of aromatic hydroxyl groups is 1. The van der Waals surface area contributed by atoms with Crippen LogP contribution in [0.4, 0.5) is 11.4 Å². The Balaban J connectivity index is 1.20. The fourth-order valence-electron chi connectivity index (χ4n) is 6.24. The van der Waals surface area contributed by atoms with Crippen molar-refractivity contribution in [2.24, 2.45) is 0 Å². The van der Waals surface area contributed by atoms with E-state index in [1.807, 2.05) is 78.9 Å². The molecule has 1 aliphatic heterocycles. The molecule has 4 aromatic carbocycles. The van der Waals surface area contributed by atoms with Crippen molar-refractivity contribution in [2.75, 3.05) is 22.6 Å². The molecular weight excluding hydrogens is 534 g/mol. The maximum absolute atomic E-state index is 14.0. The maximum atomic E-state index is 14.0. The van der Waals surface area contributed by atoms with Gasteiger partial charge in [-0.3, -0.25) is 9.59 Å². The van der Waals surface area contributed by atoms with Crippen LogP contribution < -0.4 is 10.2 Å². The van der Waals surface area contributed by atoms with Gasteiger partial charge in [0.2, 0.25) is 0 Å². The first-order chi connectivity index (χ1) is 20.0. The van der Waals surface area contributed by atoms with Crippen LogP contribution in [0.5, 0.6) is 5.75 Å². The lowest BCUT2D eigenvalue weighted by molar-refractivity contribution is -0.115. The molecule has 204 valence electrons. The predicted octanol–water partition coefficient (Wildman–Crippen LogP) is 7.37. The average molecular weight is 562 g/mol. The van der Waals surface area contributed by atoms with Crippen LogP contribution >= 0.6 is 11.6 Å². The van der Waals surface area contributed by atoms with Crippen molar-refractivity contribution in [1.29, 1.82) is 0 Å². The van der Waals surface area contributed by atoms with Crippen molar-refractivity contribution in [2.45, 2.75) is 25.2 Å². The van der Waals surface area contributed by atoms with Crippen LogP contribution in [0.15, 0.2) is 84.4 Å². The van der Waals surface area contributed by atoms with Crippen LogP contribution in [0, 0.1) is 0 Å². The molecule has 6 nitrogen and oxygen atoms in total. The number of H-pyrrole nitrogens is 1. The largest absolute Gasteiger partial charge is 0.507 e. The first-order valence-electron chi connectivity index (χ1n) is 13.8. The van der Waals surface area contributed by atoms with Crippen LogP contribution in [0.1, 0.15) is 45.9 Å². The number of phenolic OH excluding ortho intramolecular Hbond substituents is 1. The van der Waals surface area contributed by atoms with Gasteiger partial charge in [0.1, 0.15) is 11.4 Å². The Kier molecular flexibility index (Phi) is 6.28. The number of halogens is 1. The van der Waals surface area contributed by atoms with E-state index in [9.17, 15) is 14.7 Å². The Bertz CT molecular complexity index is 1860. The average Bonchev–Trinajstić information content (AvgIpc) is 3.52. The van der Waals surface area contributed by atoms with Gasteiger partial charge in [0.15, 0.2) is 0 Å². The molecule has 0 radical (unpaired) electrons. The first-order valence-corrected chi connectivity index (χ1v) is 14.4. The van der Waals surface area contributed by atoms with E-state index in [1.54, 1.807) is 11.0 Å². The van der Waals surface area contributed by atoms with E-state index >= 15 is 0 Å². The summed E-state index contributed by atoms with van der Waals surface area (Å²) < 4.78 is 0. The number of benzene rings is 4. The molecule has 41 heavy (non-hydrogen) atoms. The number of rotatable bonds is 4. The van der Waals surface area contributed by atoms with Gasteiger partial charge in [0.25, 0.3) is 11.8 Å². The summed E-state index contributed by atoms with van der Waals surface area (Å²) in [6, 6.07) is 24.9. The Hall–Kier alpha value is -4.55. The molecule has 5 aromatic rings. The third-order valence-corrected chi connectivity index (χ3v) is 8.62. The van der Waals surface area contributed by atoms with E-state index in [2.05, 4.69) is 10.3 Å². The van der Waals surface area contributed by atoms with Gasteiger partial charge in [-0.2, -0.15) is 0 Å². The number of aryl methyl sites for hydroxylation is 1. The number of fused-ring (bicyclic) bond motifs is 5. The van der Waals surface area contributed by atoms with E-state index in [1.165, 1.54) is 0 Å². The third-order valence-electron chi connectivity index (χ3n) is 8.25. The van der Waals surface area contributed by atoms with Gasteiger partial charge in [0.05, 0.1) is 5.69 Å². The monoisotopic (exact) mass is 561 g/mol. The minimum atomic E-state index is -0.220. The van der Waals surface area contributed by atoms with E-state index in [-0.39, 0.29) is 23.5 Å². The molecule has 0 saturated carbocycles. The number of anilines is 2. The number of aromatic nitrogens is 1. The SMILES string of the molecule is O=C(Nc1ccc2c(c1)C=C(C(=O)N1C[C@@H](CCl)c3c1cc(O)c1ccccc31)CCC2)c1cc2ccccc2[nH]1. The number of phenols is 1. The second kappa shape index (κ2) is 10.1. The highest BCUT2D eigenvalue weighted by Crippen LogP contribution is 2.46. The minimum absolute atomic E-state index is 0.0220. The van der Waals surface area contributed by atoms with Crippen LogP contribution in [0.25, 0.3) is 27.8 Å². The number of carbonyl (C=O) groups is 2. The van der Waals surface area contributed by atoms with E-state index in [4.69, 9.17) is 11.6 Å². The molecule has 7 rings (SSSR count). The summed E-state index contributed by atoms with van der Waals surface area (Å²) in [4.78, 5) is 32.0. The lowest BCUT2D eigenvalue weighted by atomic mass is 9.95. The Morgan fingerprint density at radius 1 is 0.976 bits per heavy atom. The Labute approximate surface area is 242 Å². The van der Waals surface area contributed by atoms with Crippen molar-refractivity contribution in [3.05, 3.63) is 107 Å². The molecule has 0 bridgehead atoms. The predicted molar refractivity (Wildman–Crippen MR) is 165 cm³/mol. The zero-order valence-corrected chi connectivity index (χ0v) is 23.0. The fraction of sp³-hybridized carbons (Fsp3) is 0.176. The second-order valence-electron chi connectivity index (χ2n) is 10.8. The molecule has 0 saturated heterocycles. The second-order valence-corrected chi connectivity index (χ2v) is 11.1. The van der Waals surface area contributed by atoms with E-state index < -0.39 is 0 Å². The zero-order chi connectivity index (χ0) is 28.1. The van der Waals surface area contributed by atoms with Crippen molar-refractivity contribution in [3.63, 3.8) is 0 Å². The lowest BCUT2D eigenvalue weighted by Crippen LogP contribution is -2.31. The van der Waals surface area contributed by atoms with Gasteiger partial charge in [-0.25, -0.2) is 0 Å². The smallest absolute Gasteiger partial charge is 0.272 e. The summed E-state index contributed by atoms with van der Waals surface area (Å²) in [5.41, 5.74) is 6.58. The highest BCUT2D eigenvalue weighted by atomic mass is 35.5. The van der Waals surface area contributed by atoms with Gasteiger partial charge >= 0.3 is 0 Å². The molecule has 0 unspecified atom stereocenters. The number of amides is 2. The minimum Gasteiger partial charge on any atom is -0.507 e. The van der Waals surface area contributed by atoms with Crippen molar-refractivity contribution < 1.29 is 14.7 Å². The molecule has 0 fully saturated rings. The van der Waals surface area contributed by atoms with E-state index in [0.29, 0.717) is 35.8 Å². The number of hydrogen-bond donors (Lipinski definition) is 3. The third kappa shape index (κ3) is 4.45. The molecule has 1 aromatic heterocycles. The summed E-state index contributed by atoms with van der Waals surface area (Å²) in [5, 5.41) is 16.5. The normalized spacial score (nSPS) is 16.3. The van der Waals surface area contributed by atoms with Gasteiger partial charge < -0.3 is 20.3 Å². The number of alkyl halides is 1. The standard InChI is InChI=1S/C34H28ClN3O3/c35-18-24-19-38(30-17-31(39)26-9-2-3-10-27(26)32(24)30)34(41)22-8-5-7-20-12-13-25(15-23(20)14-22)36-33(40)29-16-21-6-1-4-11-28(21)37-29/h1-4,6,9-17,24,37,39H,5,7-8,18-19H2,(H,36,40)/t24-/m1/s1. The number of hydrogen-bond acceptors (Lipinski definition) is 3. The number of nitrogens with one attached hydrogen (secondary N) is 2. The van der Waals surface area contributed by atoms with Gasteiger partial charge in [-0.05, 0) is 71.7 Å². The molecule has 2 aliphatic rings. The summed E-state index contributed by atoms with van der Waals surface area (Å²) in [6.07, 6.45) is 4.28. The van der Waals surface area contributed by atoms with Crippen LogP contribution in [-0.4, -0.2) is 34.3 Å². The molecule has 1 atom stereocenters. The summed E-state index contributed by atoms with van der Waals surface area (Å²) in [5.74, 6) is 0.221.